The molecule has 2 atom stereocenters. The number of nitrogens with one attached hydrogen (secondary N) is 1. The number of carbonyl (C=O) groups excluding carboxylic acids is 2. The van der Waals surface area contributed by atoms with Crippen molar-refractivity contribution in [2.24, 2.45) is 0 Å². The molecule has 0 rings (SSSR count). The number of carbonyl (C=O) groups is 2. The molecule has 0 amide bonds. The fraction of sp³-hybridized carbons (Fsp3) is 0.522. The molecular weight excluding hydrogens is 725 g/mol. The van der Waals surface area contributed by atoms with Gasteiger partial charge in [0.1, 0.15) is 6.61 Å². The smallest absolute Gasteiger partial charge is 0.462 e. The summed E-state index contributed by atoms with van der Waals surface area (Å²) in [6.45, 7) is 3.82. The largest absolute Gasteiger partial charge is 0.472 e. The minimum atomic E-state index is -4.39. The summed E-state index contributed by atoms with van der Waals surface area (Å²) in [6.07, 6.45) is 54.0. The van der Waals surface area contributed by atoms with Crippen LogP contribution in [0.25, 0.3) is 0 Å². The maximum absolute atomic E-state index is 12.6. The van der Waals surface area contributed by atoms with Crippen LogP contribution in [0.15, 0.2) is 122 Å². The van der Waals surface area contributed by atoms with Gasteiger partial charge in [0, 0.05) is 19.4 Å². The molecule has 10 heteroatoms. The third kappa shape index (κ3) is 40.1. The molecule has 0 spiro atoms. The molecule has 0 aromatic heterocycles. The minimum absolute atomic E-state index is 0.0442. The van der Waals surface area contributed by atoms with E-state index >= 15 is 0 Å². The molecule has 2 N–H and O–H groups in total. The molecule has 0 heterocycles. The van der Waals surface area contributed by atoms with Crippen molar-refractivity contribution in [2.75, 3.05) is 33.4 Å². The van der Waals surface area contributed by atoms with Crippen LogP contribution in [0.4, 0.5) is 0 Å². The quantitative estimate of drug-likeness (QED) is 0.0276. The molecular formula is C46H72NO8P. The number of phosphoric acid groups is 1. The molecule has 2 unspecified atom stereocenters. The molecule has 0 aromatic carbocycles. The van der Waals surface area contributed by atoms with E-state index in [2.05, 4.69) is 129 Å². The van der Waals surface area contributed by atoms with E-state index in [0.717, 1.165) is 70.6 Å². The standard InChI is InChI=1S/C46H72NO8P/c1-4-6-8-10-12-14-16-18-20-22-24-26-28-30-32-34-36-38-45(48)52-42-44(43-54-56(50,51)53-41-40-47-3)55-46(49)39-37-35-33-31-29-27-25-23-21-19-17-15-13-11-9-7-5-2/h6-9,12-15,18-21,24-27,30-33,44,47H,4-5,10-11,16-17,22-23,28-29,34-43H2,1-3H3,(H,50,51)/b8-6-,9-7-,14-12-,15-13-,20-18-,21-19-,26-24-,27-25-,32-30-,33-31-. The highest BCUT2D eigenvalue weighted by molar-refractivity contribution is 7.47. The van der Waals surface area contributed by atoms with Crippen molar-refractivity contribution in [3.8, 4) is 0 Å². The highest BCUT2D eigenvalue weighted by Crippen LogP contribution is 2.43. The van der Waals surface area contributed by atoms with Gasteiger partial charge in [0.15, 0.2) is 6.10 Å². The van der Waals surface area contributed by atoms with Gasteiger partial charge in [-0.1, -0.05) is 135 Å². The van der Waals surface area contributed by atoms with E-state index in [9.17, 15) is 19.0 Å². The molecule has 56 heavy (non-hydrogen) atoms. The number of allylic oxidation sites excluding steroid dienone is 20. The van der Waals surface area contributed by atoms with Crippen LogP contribution in [0, 0.1) is 0 Å². The van der Waals surface area contributed by atoms with E-state index < -0.39 is 32.5 Å². The Morgan fingerprint density at radius 1 is 0.554 bits per heavy atom. The van der Waals surface area contributed by atoms with Crippen LogP contribution >= 0.6 is 7.82 Å². The van der Waals surface area contributed by atoms with Gasteiger partial charge in [-0.2, -0.15) is 0 Å². The molecule has 0 aliphatic carbocycles. The average molecular weight is 798 g/mol. The van der Waals surface area contributed by atoms with Crippen molar-refractivity contribution >= 4 is 19.8 Å². The van der Waals surface area contributed by atoms with Gasteiger partial charge in [0.25, 0.3) is 0 Å². The average Bonchev–Trinajstić information content (AvgIpc) is 3.18. The zero-order valence-corrected chi connectivity index (χ0v) is 35.4. The lowest BCUT2D eigenvalue weighted by atomic mass is 10.2. The number of phosphoric ester groups is 1. The van der Waals surface area contributed by atoms with Crippen LogP contribution < -0.4 is 5.32 Å². The van der Waals surface area contributed by atoms with Gasteiger partial charge in [-0.25, -0.2) is 4.57 Å². The summed E-state index contributed by atoms with van der Waals surface area (Å²) in [7, 11) is -2.70. The summed E-state index contributed by atoms with van der Waals surface area (Å²) in [6, 6.07) is 0. The van der Waals surface area contributed by atoms with E-state index in [1.54, 1.807) is 7.05 Å². The lowest BCUT2D eigenvalue weighted by Gasteiger charge is -2.20. The van der Waals surface area contributed by atoms with Gasteiger partial charge in [0.2, 0.25) is 0 Å². The van der Waals surface area contributed by atoms with E-state index in [4.69, 9.17) is 18.5 Å². The number of hydrogen-bond acceptors (Lipinski definition) is 8. The highest BCUT2D eigenvalue weighted by atomic mass is 31.2. The van der Waals surface area contributed by atoms with Gasteiger partial charge in [-0.15, -0.1) is 0 Å². The molecule has 0 aliphatic heterocycles. The summed E-state index contributed by atoms with van der Waals surface area (Å²) in [5.74, 6) is -0.960. The van der Waals surface area contributed by atoms with Crippen molar-refractivity contribution in [2.45, 2.75) is 123 Å². The van der Waals surface area contributed by atoms with Crippen molar-refractivity contribution < 1.29 is 37.6 Å². The van der Waals surface area contributed by atoms with Gasteiger partial charge in [-0.05, 0) is 96.9 Å². The van der Waals surface area contributed by atoms with Crippen LogP contribution in [0.2, 0.25) is 0 Å². The normalized spacial score (nSPS) is 14.6. The Kier molecular flexibility index (Phi) is 38.4. The van der Waals surface area contributed by atoms with Crippen molar-refractivity contribution in [3.63, 3.8) is 0 Å². The Hall–Kier alpha value is -3.59. The van der Waals surface area contributed by atoms with Gasteiger partial charge >= 0.3 is 19.8 Å². The summed E-state index contributed by atoms with van der Waals surface area (Å²) in [5, 5.41) is 2.81. The van der Waals surface area contributed by atoms with E-state index in [0.29, 0.717) is 25.8 Å². The van der Waals surface area contributed by atoms with E-state index in [-0.39, 0.29) is 26.1 Å². The van der Waals surface area contributed by atoms with Crippen molar-refractivity contribution in [1.82, 2.24) is 5.32 Å². The van der Waals surface area contributed by atoms with E-state index in [1.807, 2.05) is 12.2 Å². The maximum atomic E-state index is 12.6. The second-order valence-electron chi connectivity index (χ2n) is 12.7. The number of unbranched alkanes of at least 4 members (excludes halogenated alkanes) is 2. The third-order valence-corrected chi connectivity index (χ3v) is 8.56. The summed E-state index contributed by atoms with van der Waals surface area (Å²) >= 11 is 0. The number of likely N-dealkylation sites (N-methyl/N-ethyl adjacent to an activating group) is 1. The Balaban J connectivity index is 4.49. The van der Waals surface area contributed by atoms with Gasteiger partial charge < -0.3 is 19.7 Å². The Morgan fingerprint density at radius 2 is 0.929 bits per heavy atom. The summed E-state index contributed by atoms with van der Waals surface area (Å²) < 4.78 is 33.0. The number of rotatable bonds is 36. The lowest BCUT2D eigenvalue weighted by molar-refractivity contribution is -0.161. The van der Waals surface area contributed by atoms with Crippen LogP contribution in [0.5, 0.6) is 0 Å². The first-order valence-electron chi connectivity index (χ1n) is 20.5. The predicted molar refractivity (Wildman–Crippen MR) is 233 cm³/mol. The zero-order chi connectivity index (χ0) is 41.1. The van der Waals surface area contributed by atoms with Gasteiger partial charge in [-0.3, -0.25) is 18.6 Å². The summed E-state index contributed by atoms with van der Waals surface area (Å²) in [4.78, 5) is 35.0. The molecule has 0 saturated carbocycles. The Labute approximate surface area is 339 Å². The minimum Gasteiger partial charge on any atom is -0.462 e. The molecule has 0 bridgehead atoms. The topological polar surface area (TPSA) is 120 Å². The van der Waals surface area contributed by atoms with Crippen LogP contribution in [0.1, 0.15) is 117 Å². The molecule has 9 nitrogen and oxygen atoms in total. The van der Waals surface area contributed by atoms with Crippen molar-refractivity contribution in [3.05, 3.63) is 122 Å². The van der Waals surface area contributed by atoms with Crippen molar-refractivity contribution in [1.29, 1.82) is 0 Å². The lowest BCUT2D eigenvalue weighted by Crippen LogP contribution is -2.29. The molecule has 0 saturated heterocycles. The Morgan fingerprint density at radius 3 is 1.32 bits per heavy atom. The van der Waals surface area contributed by atoms with E-state index in [1.165, 1.54) is 0 Å². The molecule has 0 aromatic rings. The summed E-state index contributed by atoms with van der Waals surface area (Å²) in [5.41, 5.74) is 0. The Bertz CT molecular complexity index is 1320. The number of ether oxygens (including phenoxy) is 2. The predicted octanol–water partition coefficient (Wildman–Crippen LogP) is 11.6. The monoisotopic (exact) mass is 797 g/mol. The fourth-order valence-electron chi connectivity index (χ4n) is 4.56. The van der Waals surface area contributed by atoms with Gasteiger partial charge in [0.05, 0.1) is 13.2 Å². The molecule has 0 aliphatic rings. The number of esters is 2. The van der Waals surface area contributed by atoms with Crippen LogP contribution in [-0.2, 0) is 32.7 Å². The number of hydrogen-bond donors (Lipinski definition) is 2. The SMILES string of the molecule is CC/C=C\C/C=C\C/C=C\C/C=C\C/C=C\CCCC(=O)OCC(COP(=O)(O)OCCNC)OC(=O)CCC/C=C\C/C=C\C/C=C\C/C=C\C/C=C\CC. The highest BCUT2D eigenvalue weighted by Gasteiger charge is 2.26. The van der Waals surface area contributed by atoms with Crippen LogP contribution in [0.3, 0.4) is 0 Å². The first-order chi connectivity index (χ1) is 27.3. The molecule has 314 valence electrons. The second kappa shape index (κ2) is 41.1. The fourth-order valence-corrected chi connectivity index (χ4v) is 5.31. The second-order valence-corrected chi connectivity index (χ2v) is 14.2. The first-order valence-corrected chi connectivity index (χ1v) is 22.0. The third-order valence-electron chi connectivity index (χ3n) is 7.58. The van der Waals surface area contributed by atoms with Crippen LogP contribution in [-0.4, -0.2) is 56.3 Å². The molecule has 0 fully saturated rings. The molecule has 0 radical (unpaired) electrons. The first kappa shape index (κ1) is 52.4. The zero-order valence-electron chi connectivity index (χ0n) is 34.5. The maximum Gasteiger partial charge on any atom is 0.472 e.